The highest BCUT2D eigenvalue weighted by Crippen LogP contribution is 2.53. The van der Waals surface area contributed by atoms with Crippen LogP contribution in [0.5, 0.6) is 0 Å². The zero-order chi connectivity index (χ0) is 15.6. The zero-order valence-electron chi connectivity index (χ0n) is 12.0. The second-order valence-electron chi connectivity index (χ2n) is 5.24. The van der Waals surface area contributed by atoms with Gasteiger partial charge in [-0.25, -0.2) is 0 Å². The van der Waals surface area contributed by atoms with E-state index in [0.29, 0.717) is 25.2 Å². The van der Waals surface area contributed by atoms with Crippen molar-refractivity contribution in [3.8, 4) is 0 Å². The number of nitrogens with one attached hydrogen (secondary N) is 1. The van der Waals surface area contributed by atoms with Crippen LogP contribution in [0.1, 0.15) is 25.8 Å². The van der Waals surface area contributed by atoms with Crippen molar-refractivity contribution in [2.45, 2.75) is 31.1 Å². The maximum Gasteiger partial charge on any atom is 0.230 e. The number of carbonyl (C=O) groups excluding carboxylic acids is 2. The van der Waals surface area contributed by atoms with E-state index >= 15 is 0 Å². The van der Waals surface area contributed by atoms with Gasteiger partial charge < -0.3 is 10.2 Å². The Balaban J connectivity index is 2.01. The van der Waals surface area contributed by atoms with Gasteiger partial charge in [0.1, 0.15) is 4.33 Å². The molecule has 1 saturated carbocycles. The molecule has 0 spiro atoms. The van der Waals surface area contributed by atoms with E-state index in [4.69, 9.17) is 23.2 Å². The summed E-state index contributed by atoms with van der Waals surface area (Å²) in [6.45, 7) is 4.65. The van der Waals surface area contributed by atoms with Crippen LogP contribution in [-0.4, -0.2) is 27.6 Å². The van der Waals surface area contributed by atoms with Gasteiger partial charge in [-0.05, 0) is 31.0 Å². The number of anilines is 1. The van der Waals surface area contributed by atoms with Crippen molar-refractivity contribution in [3.05, 3.63) is 29.8 Å². The van der Waals surface area contributed by atoms with Crippen LogP contribution in [-0.2, 0) is 16.1 Å². The second kappa shape index (κ2) is 6.24. The molecule has 2 amide bonds. The Morgan fingerprint density at radius 1 is 1.43 bits per heavy atom. The SMILES string of the molecule is CCN(Cc1cccc(NC(=O)C2CC2(Cl)Cl)c1)C(C)=O. The summed E-state index contributed by atoms with van der Waals surface area (Å²) in [6.07, 6.45) is 0.482. The normalized spacial score (nSPS) is 19.0. The van der Waals surface area contributed by atoms with E-state index in [0.717, 1.165) is 5.56 Å². The van der Waals surface area contributed by atoms with Crippen molar-refractivity contribution in [2.75, 3.05) is 11.9 Å². The molecule has 1 aromatic rings. The minimum absolute atomic E-state index is 0.0268. The number of halogens is 2. The average Bonchev–Trinajstić information content (AvgIpc) is 3.05. The summed E-state index contributed by atoms with van der Waals surface area (Å²) in [5.74, 6) is -0.496. The molecule has 1 aromatic carbocycles. The third-order valence-corrected chi connectivity index (χ3v) is 4.37. The summed E-state index contributed by atoms with van der Waals surface area (Å²) in [4.78, 5) is 25.1. The molecule has 0 aromatic heterocycles. The van der Waals surface area contributed by atoms with Crippen LogP contribution in [0.4, 0.5) is 5.69 Å². The fraction of sp³-hybridized carbons (Fsp3) is 0.467. The van der Waals surface area contributed by atoms with Crippen LogP contribution >= 0.6 is 23.2 Å². The molecule has 0 saturated heterocycles. The summed E-state index contributed by atoms with van der Waals surface area (Å²) < 4.78 is -0.921. The smallest absolute Gasteiger partial charge is 0.230 e. The van der Waals surface area contributed by atoms with Gasteiger partial charge in [-0.15, -0.1) is 23.2 Å². The summed E-state index contributed by atoms with van der Waals surface area (Å²) in [5.41, 5.74) is 1.65. The number of carbonyl (C=O) groups is 2. The summed E-state index contributed by atoms with van der Waals surface area (Å²) >= 11 is 11.8. The topological polar surface area (TPSA) is 49.4 Å². The molecule has 4 nitrogen and oxygen atoms in total. The Labute approximate surface area is 134 Å². The van der Waals surface area contributed by atoms with E-state index < -0.39 is 4.33 Å². The molecule has 1 aliphatic rings. The van der Waals surface area contributed by atoms with Gasteiger partial charge >= 0.3 is 0 Å². The highest BCUT2D eigenvalue weighted by Gasteiger charge is 2.56. The number of hydrogen-bond acceptors (Lipinski definition) is 2. The molecule has 114 valence electrons. The molecule has 2 rings (SSSR count). The average molecular weight is 329 g/mol. The van der Waals surface area contributed by atoms with Crippen molar-refractivity contribution in [3.63, 3.8) is 0 Å². The third kappa shape index (κ3) is 4.11. The Morgan fingerprint density at radius 3 is 2.62 bits per heavy atom. The minimum atomic E-state index is -0.921. The molecule has 0 bridgehead atoms. The summed E-state index contributed by atoms with van der Waals surface area (Å²) in [6, 6.07) is 7.43. The van der Waals surface area contributed by atoms with Gasteiger partial charge in [0.2, 0.25) is 11.8 Å². The molecule has 1 unspecified atom stereocenters. The first kappa shape index (κ1) is 16.1. The maximum absolute atomic E-state index is 11.9. The predicted molar refractivity (Wildman–Crippen MR) is 84.4 cm³/mol. The van der Waals surface area contributed by atoms with E-state index in [-0.39, 0.29) is 17.7 Å². The van der Waals surface area contributed by atoms with E-state index in [1.165, 1.54) is 0 Å². The lowest BCUT2D eigenvalue weighted by Crippen LogP contribution is -2.27. The standard InChI is InChI=1S/C15H18Cl2N2O2/c1-3-19(10(2)20)9-11-5-4-6-12(7-11)18-14(21)13-8-15(13,16)17/h4-7,13H,3,8-9H2,1-2H3,(H,18,21). The van der Waals surface area contributed by atoms with Crippen molar-refractivity contribution in [1.82, 2.24) is 4.90 Å². The molecular formula is C15H18Cl2N2O2. The molecule has 0 heterocycles. The van der Waals surface area contributed by atoms with E-state index in [9.17, 15) is 9.59 Å². The lowest BCUT2D eigenvalue weighted by atomic mass is 10.2. The molecule has 6 heteroatoms. The lowest BCUT2D eigenvalue weighted by Gasteiger charge is -2.19. The summed E-state index contributed by atoms with van der Waals surface area (Å²) in [7, 11) is 0. The van der Waals surface area contributed by atoms with Crippen LogP contribution in [0.2, 0.25) is 0 Å². The van der Waals surface area contributed by atoms with Crippen LogP contribution in [0.25, 0.3) is 0 Å². The molecule has 0 aliphatic heterocycles. The van der Waals surface area contributed by atoms with E-state index in [1.54, 1.807) is 17.9 Å². The number of rotatable bonds is 5. The molecule has 0 radical (unpaired) electrons. The zero-order valence-corrected chi connectivity index (χ0v) is 13.5. The van der Waals surface area contributed by atoms with Gasteiger partial charge in [-0.2, -0.15) is 0 Å². The van der Waals surface area contributed by atoms with Crippen LogP contribution in [0.3, 0.4) is 0 Å². The Kier molecular flexibility index (Phi) is 4.79. The number of alkyl halides is 2. The molecule has 21 heavy (non-hydrogen) atoms. The van der Waals surface area contributed by atoms with Crippen LogP contribution in [0, 0.1) is 5.92 Å². The summed E-state index contributed by atoms with van der Waals surface area (Å²) in [5, 5.41) is 2.81. The number of benzene rings is 1. The largest absolute Gasteiger partial charge is 0.339 e. The quantitative estimate of drug-likeness (QED) is 0.844. The monoisotopic (exact) mass is 328 g/mol. The number of amides is 2. The Hall–Kier alpha value is -1.26. The van der Waals surface area contributed by atoms with E-state index in [2.05, 4.69) is 5.32 Å². The number of nitrogens with zero attached hydrogens (tertiary/aromatic N) is 1. The fourth-order valence-electron chi connectivity index (χ4n) is 2.14. The second-order valence-corrected chi connectivity index (χ2v) is 6.78. The molecule has 1 N–H and O–H groups in total. The fourth-order valence-corrected chi connectivity index (χ4v) is 2.65. The first-order chi connectivity index (χ1) is 9.83. The van der Waals surface area contributed by atoms with Crippen molar-refractivity contribution in [1.29, 1.82) is 0 Å². The third-order valence-electron chi connectivity index (χ3n) is 3.54. The highest BCUT2D eigenvalue weighted by atomic mass is 35.5. The maximum atomic E-state index is 11.9. The molecule has 1 atom stereocenters. The van der Waals surface area contributed by atoms with Crippen molar-refractivity contribution in [2.24, 2.45) is 5.92 Å². The highest BCUT2D eigenvalue weighted by molar-refractivity contribution is 6.52. The Bertz CT molecular complexity index is 560. The van der Waals surface area contributed by atoms with Crippen LogP contribution in [0.15, 0.2) is 24.3 Å². The lowest BCUT2D eigenvalue weighted by molar-refractivity contribution is -0.129. The van der Waals surface area contributed by atoms with Crippen LogP contribution < -0.4 is 5.32 Å². The van der Waals surface area contributed by atoms with Gasteiger partial charge in [0.05, 0.1) is 5.92 Å². The minimum Gasteiger partial charge on any atom is -0.339 e. The first-order valence-corrected chi connectivity index (χ1v) is 7.62. The molecular weight excluding hydrogens is 311 g/mol. The first-order valence-electron chi connectivity index (χ1n) is 6.86. The predicted octanol–water partition coefficient (Wildman–Crippen LogP) is 3.19. The van der Waals surface area contributed by atoms with E-state index in [1.807, 2.05) is 25.1 Å². The van der Waals surface area contributed by atoms with Gasteiger partial charge in [-0.1, -0.05) is 12.1 Å². The van der Waals surface area contributed by atoms with Gasteiger partial charge in [0.25, 0.3) is 0 Å². The van der Waals surface area contributed by atoms with Gasteiger partial charge in [0.15, 0.2) is 0 Å². The number of hydrogen-bond donors (Lipinski definition) is 1. The van der Waals surface area contributed by atoms with Gasteiger partial charge in [0, 0.05) is 25.7 Å². The van der Waals surface area contributed by atoms with Crippen molar-refractivity contribution < 1.29 is 9.59 Å². The molecule has 1 fully saturated rings. The van der Waals surface area contributed by atoms with Gasteiger partial charge in [-0.3, -0.25) is 9.59 Å². The Morgan fingerprint density at radius 2 is 2.10 bits per heavy atom. The molecule has 1 aliphatic carbocycles. The van der Waals surface area contributed by atoms with Crippen molar-refractivity contribution >= 4 is 40.7 Å².